The number of phenolic OH excluding ortho intramolecular Hbond substituents is 1. The van der Waals surface area contributed by atoms with Crippen LogP contribution < -0.4 is 0 Å². The molecule has 0 bridgehead atoms. The fourth-order valence-electron chi connectivity index (χ4n) is 1.09. The number of hydrogen-bond acceptors (Lipinski definition) is 3. The molecule has 1 aromatic carbocycles. The smallest absolute Gasteiger partial charge is 0.310 e. The zero-order valence-corrected chi connectivity index (χ0v) is 9.06. The van der Waals surface area contributed by atoms with Crippen LogP contribution in [0.3, 0.4) is 0 Å². The summed E-state index contributed by atoms with van der Waals surface area (Å²) in [5.41, 5.74) is 0.849. The lowest BCUT2D eigenvalue weighted by Crippen LogP contribution is -2.12. The molecule has 1 N–H and O–H groups in total. The number of phenols is 1. The number of aromatic hydroxyl groups is 1. The molecule has 0 aliphatic heterocycles. The summed E-state index contributed by atoms with van der Waals surface area (Å²) in [6.07, 6.45) is 0.257. The van der Waals surface area contributed by atoms with E-state index in [1.807, 2.05) is 13.8 Å². The molecule has 0 spiro atoms. The normalized spacial score (nSPS) is 10.3. The summed E-state index contributed by atoms with van der Waals surface area (Å²) in [7, 11) is 0. The van der Waals surface area contributed by atoms with Crippen molar-refractivity contribution >= 4 is 5.97 Å². The summed E-state index contributed by atoms with van der Waals surface area (Å²) in [6.45, 7) is 4.44. The number of esters is 1. The van der Waals surface area contributed by atoms with E-state index in [-0.39, 0.29) is 18.1 Å². The minimum atomic E-state index is -0.227. The van der Waals surface area contributed by atoms with E-state index in [9.17, 15) is 4.79 Å². The van der Waals surface area contributed by atoms with E-state index in [2.05, 4.69) is 0 Å². The number of rotatable bonds is 4. The van der Waals surface area contributed by atoms with Crippen LogP contribution in [-0.2, 0) is 16.0 Å². The van der Waals surface area contributed by atoms with Crippen LogP contribution in [0.1, 0.15) is 19.4 Å². The molecule has 0 aliphatic rings. The minimum absolute atomic E-state index is 0.203. The van der Waals surface area contributed by atoms with Crippen LogP contribution in [0.2, 0.25) is 0 Å². The van der Waals surface area contributed by atoms with Crippen LogP contribution >= 0.6 is 0 Å². The lowest BCUT2D eigenvalue weighted by Gasteiger charge is -2.06. The van der Waals surface area contributed by atoms with Gasteiger partial charge in [-0.2, -0.15) is 0 Å². The van der Waals surface area contributed by atoms with E-state index < -0.39 is 0 Å². The molecular formula is C12H16O3. The van der Waals surface area contributed by atoms with E-state index in [4.69, 9.17) is 9.84 Å². The van der Waals surface area contributed by atoms with E-state index >= 15 is 0 Å². The van der Waals surface area contributed by atoms with Crippen molar-refractivity contribution in [2.24, 2.45) is 5.92 Å². The van der Waals surface area contributed by atoms with Gasteiger partial charge in [-0.3, -0.25) is 4.79 Å². The molecular weight excluding hydrogens is 192 g/mol. The molecule has 0 atom stereocenters. The average molecular weight is 208 g/mol. The first kappa shape index (κ1) is 11.6. The van der Waals surface area contributed by atoms with Crippen LogP contribution in [0, 0.1) is 5.92 Å². The molecule has 0 heterocycles. The number of carbonyl (C=O) groups excluding carboxylic acids is 1. The van der Waals surface area contributed by atoms with Gasteiger partial charge in [0.25, 0.3) is 0 Å². The van der Waals surface area contributed by atoms with Gasteiger partial charge >= 0.3 is 5.97 Å². The second-order valence-electron chi connectivity index (χ2n) is 3.92. The SMILES string of the molecule is CC(C)COC(=O)Cc1ccc(O)cc1. The van der Waals surface area contributed by atoms with Gasteiger partial charge in [-0.25, -0.2) is 0 Å². The third-order valence-electron chi connectivity index (χ3n) is 1.86. The van der Waals surface area contributed by atoms with E-state index in [1.54, 1.807) is 24.3 Å². The number of hydrogen-bond donors (Lipinski definition) is 1. The Morgan fingerprint density at radius 2 is 1.93 bits per heavy atom. The fraction of sp³-hybridized carbons (Fsp3) is 0.417. The van der Waals surface area contributed by atoms with Crippen molar-refractivity contribution in [3.8, 4) is 5.75 Å². The van der Waals surface area contributed by atoms with E-state index in [0.29, 0.717) is 12.5 Å². The van der Waals surface area contributed by atoms with Crippen molar-refractivity contribution in [2.75, 3.05) is 6.61 Å². The monoisotopic (exact) mass is 208 g/mol. The Bertz CT molecular complexity index is 314. The molecule has 1 aromatic rings. The van der Waals surface area contributed by atoms with Gasteiger partial charge in [-0.05, 0) is 23.6 Å². The molecule has 82 valence electrons. The molecule has 0 fully saturated rings. The summed E-state index contributed by atoms with van der Waals surface area (Å²) >= 11 is 0. The second kappa shape index (κ2) is 5.39. The van der Waals surface area contributed by atoms with Crippen molar-refractivity contribution in [2.45, 2.75) is 20.3 Å². The van der Waals surface area contributed by atoms with E-state index in [0.717, 1.165) is 5.56 Å². The van der Waals surface area contributed by atoms with Crippen molar-refractivity contribution in [1.82, 2.24) is 0 Å². The quantitative estimate of drug-likeness (QED) is 0.771. The predicted octanol–water partition coefficient (Wildman–Crippen LogP) is 2.13. The average Bonchev–Trinajstić information content (AvgIpc) is 2.19. The Balaban J connectivity index is 2.41. The first-order valence-electron chi connectivity index (χ1n) is 5.01. The van der Waals surface area contributed by atoms with Crippen LogP contribution in [0.15, 0.2) is 24.3 Å². The molecule has 3 heteroatoms. The van der Waals surface area contributed by atoms with E-state index in [1.165, 1.54) is 0 Å². The third kappa shape index (κ3) is 4.49. The Labute approximate surface area is 89.7 Å². The van der Waals surface area contributed by atoms with Crippen LogP contribution in [0.4, 0.5) is 0 Å². The molecule has 0 radical (unpaired) electrons. The predicted molar refractivity (Wildman–Crippen MR) is 57.6 cm³/mol. The highest BCUT2D eigenvalue weighted by Gasteiger charge is 2.05. The number of ether oxygens (including phenoxy) is 1. The maximum absolute atomic E-state index is 11.3. The third-order valence-corrected chi connectivity index (χ3v) is 1.86. The van der Waals surface area contributed by atoms with Crippen molar-refractivity contribution in [3.63, 3.8) is 0 Å². The Hall–Kier alpha value is -1.51. The molecule has 0 saturated carbocycles. The largest absolute Gasteiger partial charge is 0.508 e. The zero-order valence-electron chi connectivity index (χ0n) is 9.06. The first-order valence-corrected chi connectivity index (χ1v) is 5.01. The summed E-state index contributed by atoms with van der Waals surface area (Å²) < 4.78 is 5.04. The highest BCUT2D eigenvalue weighted by atomic mass is 16.5. The topological polar surface area (TPSA) is 46.5 Å². The molecule has 0 aromatic heterocycles. The molecule has 15 heavy (non-hydrogen) atoms. The maximum Gasteiger partial charge on any atom is 0.310 e. The van der Waals surface area contributed by atoms with Crippen LogP contribution in [-0.4, -0.2) is 17.7 Å². The highest BCUT2D eigenvalue weighted by Crippen LogP contribution is 2.10. The van der Waals surface area contributed by atoms with Gasteiger partial charge in [0.05, 0.1) is 13.0 Å². The van der Waals surface area contributed by atoms with Crippen LogP contribution in [0.5, 0.6) is 5.75 Å². The van der Waals surface area contributed by atoms with Crippen molar-refractivity contribution < 1.29 is 14.6 Å². The summed E-state index contributed by atoms with van der Waals surface area (Å²) in [6, 6.07) is 6.55. The standard InChI is InChI=1S/C12H16O3/c1-9(2)8-15-12(14)7-10-3-5-11(13)6-4-10/h3-6,9,13H,7-8H2,1-2H3. The van der Waals surface area contributed by atoms with Gasteiger partial charge in [0.1, 0.15) is 5.75 Å². The zero-order chi connectivity index (χ0) is 11.3. The van der Waals surface area contributed by atoms with Gasteiger partial charge in [0, 0.05) is 0 Å². The van der Waals surface area contributed by atoms with Gasteiger partial charge in [0.15, 0.2) is 0 Å². The van der Waals surface area contributed by atoms with Crippen molar-refractivity contribution in [3.05, 3.63) is 29.8 Å². The molecule has 3 nitrogen and oxygen atoms in total. The summed E-state index contributed by atoms with van der Waals surface area (Å²) in [5, 5.41) is 9.05. The second-order valence-corrected chi connectivity index (χ2v) is 3.92. The Morgan fingerprint density at radius 3 is 2.47 bits per heavy atom. The molecule has 0 unspecified atom stereocenters. The Kier molecular flexibility index (Phi) is 4.16. The molecule has 1 rings (SSSR count). The highest BCUT2D eigenvalue weighted by molar-refractivity contribution is 5.72. The van der Waals surface area contributed by atoms with Gasteiger partial charge < -0.3 is 9.84 Å². The maximum atomic E-state index is 11.3. The lowest BCUT2D eigenvalue weighted by atomic mass is 10.1. The summed E-state index contributed by atoms with van der Waals surface area (Å²) in [4.78, 5) is 11.3. The van der Waals surface area contributed by atoms with Gasteiger partial charge in [0.2, 0.25) is 0 Å². The number of carbonyl (C=O) groups is 1. The fourth-order valence-corrected chi connectivity index (χ4v) is 1.09. The Morgan fingerprint density at radius 1 is 1.33 bits per heavy atom. The van der Waals surface area contributed by atoms with Gasteiger partial charge in [-0.1, -0.05) is 26.0 Å². The minimum Gasteiger partial charge on any atom is -0.508 e. The molecule has 0 aliphatic carbocycles. The lowest BCUT2D eigenvalue weighted by molar-refractivity contribution is -0.143. The van der Waals surface area contributed by atoms with Gasteiger partial charge in [-0.15, -0.1) is 0 Å². The first-order chi connectivity index (χ1) is 7.08. The molecule has 0 amide bonds. The molecule has 0 saturated heterocycles. The van der Waals surface area contributed by atoms with Crippen molar-refractivity contribution in [1.29, 1.82) is 0 Å². The summed E-state index contributed by atoms with van der Waals surface area (Å²) in [5.74, 6) is 0.331. The van der Waals surface area contributed by atoms with Crippen LogP contribution in [0.25, 0.3) is 0 Å². The number of benzene rings is 1.